The van der Waals surface area contributed by atoms with Crippen LogP contribution in [0.5, 0.6) is 0 Å². The van der Waals surface area contributed by atoms with Gasteiger partial charge < -0.3 is 19.3 Å². The van der Waals surface area contributed by atoms with Crippen LogP contribution in [0.1, 0.15) is 77.6 Å². The lowest BCUT2D eigenvalue weighted by Gasteiger charge is -2.39. The monoisotopic (exact) mass is 424 g/mol. The Morgan fingerprint density at radius 3 is 2.20 bits per heavy atom. The van der Waals surface area contributed by atoms with Crippen LogP contribution >= 0.6 is 0 Å². The fourth-order valence-corrected chi connectivity index (χ4v) is 5.30. The van der Waals surface area contributed by atoms with Gasteiger partial charge in [-0.2, -0.15) is 0 Å². The average molecular weight is 425 g/mol. The largest absolute Gasteiger partial charge is 0.462 e. The summed E-state index contributed by atoms with van der Waals surface area (Å²) in [7, 11) is 1.70. The number of ether oxygens (including phenoxy) is 3. The van der Waals surface area contributed by atoms with Crippen LogP contribution in [0.2, 0.25) is 0 Å². The van der Waals surface area contributed by atoms with E-state index >= 15 is 0 Å². The molecular weight excluding hydrogens is 380 g/mol. The lowest BCUT2D eigenvalue weighted by Crippen LogP contribution is -2.33. The van der Waals surface area contributed by atoms with Crippen LogP contribution in [-0.2, 0) is 19.0 Å². The summed E-state index contributed by atoms with van der Waals surface area (Å²) in [6.07, 6.45) is 14.2. The van der Waals surface area contributed by atoms with E-state index in [1.54, 1.807) is 7.11 Å². The summed E-state index contributed by atoms with van der Waals surface area (Å²) in [4.78, 5) is 11.8. The zero-order chi connectivity index (χ0) is 21.8. The molecule has 2 saturated carbocycles. The van der Waals surface area contributed by atoms with E-state index in [0.717, 1.165) is 18.4 Å². The molecule has 0 aromatic heterocycles. The van der Waals surface area contributed by atoms with Crippen molar-refractivity contribution in [2.75, 3.05) is 33.5 Å². The van der Waals surface area contributed by atoms with Crippen molar-refractivity contribution in [3.8, 4) is 0 Å². The predicted octanol–water partition coefficient (Wildman–Crippen LogP) is 4.91. The first kappa shape index (κ1) is 25.4. The van der Waals surface area contributed by atoms with Gasteiger partial charge in [0.15, 0.2) is 0 Å². The van der Waals surface area contributed by atoms with Crippen molar-refractivity contribution in [2.45, 2.75) is 83.7 Å². The van der Waals surface area contributed by atoms with Crippen molar-refractivity contribution in [3.05, 3.63) is 12.2 Å². The van der Waals surface area contributed by atoms with Gasteiger partial charge in [-0.3, -0.25) is 0 Å². The summed E-state index contributed by atoms with van der Waals surface area (Å²) in [5.41, 5.74) is 0.111. The fraction of sp³-hybridized carbons (Fsp3) is 0.880. The Morgan fingerprint density at radius 1 is 1.00 bits per heavy atom. The van der Waals surface area contributed by atoms with E-state index in [1.807, 2.05) is 0 Å². The first-order chi connectivity index (χ1) is 14.6. The molecule has 1 atom stereocenters. The molecule has 5 nitrogen and oxygen atoms in total. The molecule has 0 aromatic rings. The van der Waals surface area contributed by atoms with Gasteiger partial charge in [0.1, 0.15) is 0 Å². The quantitative estimate of drug-likeness (QED) is 0.258. The maximum absolute atomic E-state index is 11.8. The standard InChI is InChI=1S/C25H44O5/c1-4-5-6-15-29-24-13-11-21(12-14-24)20-7-9-22(10-8-20)23(17-28-3)18-30-25(27)19(2)16-26/h20-24,26H,2,4-18H2,1,3H3. The van der Waals surface area contributed by atoms with Gasteiger partial charge >= 0.3 is 5.97 Å². The number of esters is 1. The SMILES string of the molecule is C=C(CO)C(=O)OCC(COC)C1CCC(C2CCC(OCCCCC)CC2)CC1. The van der Waals surface area contributed by atoms with Gasteiger partial charge in [-0.15, -0.1) is 0 Å². The van der Waals surface area contributed by atoms with E-state index in [0.29, 0.717) is 25.2 Å². The molecule has 0 radical (unpaired) electrons. The summed E-state index contributed by atoms with van der Waals surface area (Å²) < 4.78 is 16.9. The topological polar surface area (TPSA) is 65.0 Å². The van der Waals surface area contributed by atoms with Crippen molar-refractivity contribution < 1.29 is 24.1 Å². The third kappa shape index (κ3) is 8.32. The molecule has 0 aliphatic heterocycles. The third-order valence-corrected chi connectivity index (χ3v) is 7.26. The van der Waals surface area contributed by atoms with Gasteiger partial charge in [0, 0.05) is 19.6 Å². The minimum Gasteiger partial charge on any atom is -0.462 e. The van der Waals surface area contributed by atoms with Crippen LogP contribution in [0.3, 0.4) is 0 Å². The molecule has 1 unspecified atom stereocenters. The second kappa shape index (κ2) is 14.2. The van der Waals surface area contributed by atoms with Gasteiger partial charge in [0.05, 0.1) is 31.5 Å². The average Bonchev–Trinajstić information content (AvgIpc) is 2.79. The number of hydrogen-bond acceptors (Lipinski definition) is 5. The van der Waals surface area contributed by atoms with Gasteiger partial charge in [-0.05, 0) is 75.5 Å². The molecule has 2 aliphatic rings. The number of hydrogen-bond donors (Lipinski definition) is 1. The minimum absolute atomic E-state index is 0.111. The number of aliphatic hydroxyl groups excluding tert-OH is 1. The molecule has 0 saturated heterocycles. The summed E-state index contributed by atoms with van der Waals surface area (Å²) in [5.74, 6) is 1.95. The molecular formula is C25H44O5. The number of aliphatic hydroxyl groups is 1. The van der Waals surface area contributed by atoms with Crippen molar-refractivity contribution in [1.29, 1.82) is 0 Å². The van der Waals surface area contributed by atoms with E-state index < -0.39 is 5.97 Å². The van der Waals surface area contributed by atoms with Crippen LogP contribution in [0, 0.1) is 23.7 Å². The lowest BCUT2D eigenvalue weighted by molar-refractivity contribution is -0.142. The second-order valence-corrected chi connectivity index (χ2v) is 9.37. The highest BCUT2D eigenvalue weighted by Crippen LogP contribution is 2.42. The Hall–Kier alpha value is -0.910. The predicted molar refractivity (Wildman–Crippen MR) is 119 cm³/mol. The molecule has 0 amide bonds. The molecule has 2 fully saturated rings. The number of unbranched alkanes of at least 4 members (excludes halogenated alkanes) is 2. The molecule has 2 aliphatic carbocycles. The van der Waals surface area contributed by atoms with Gasteiger partial charge in [0.2, 0.25) is 0 Å². The molecule has 0 heterocycles. The number of methoxy groups -OCH3 is 1. The first-order valence-electron chi connectivity index (χ1n) is 12.1. The molecule has 30 heavy (non-hydrogen) atoms. The molecule has 0 bridgehead atoms. The first-order valence-corrected chi connectivity index (χ1v) is 12.1. The van der Waals surface area contributed by atoms with Crippen molar-refractivity contribution >= 4 is 5.97 Å². The van der Waals surface area contributed by atoms with Crippen molar-refractivity contribution in [1.82, 2.24) is 0 Å². The maximum Gasteiger partial charge on any atom is 0.335 e. The highest BCUT2D eigenvalue weighted by atomic mass is 16.5. The zero-order valence-corrected chi connectivity index (χ0v) is 19.3. The van der Waals surface area contributed by atoms with Crippen LogP contribution in [0.15, 0.2) is 12.2 Å². The molecule has 1 N–H and O–H groups in total. The van der Waals surface area contributed by atoms with Crippen LogP contribution < -0.4 is 0 Å². The number of carbonyl (C=O) groups is 1. The van der Waals surface area contributed by atoms with E-state index in [-0.39, 0.29) is 18.1 Å². The van der Waals surface area contributed by atoms with Gasteiger partial charge in [-0.25, -0.2) is 4.79 Å². The Labute approximate surface area is 183 Å². The molecule has 0 spiro atoms. The summed E-state index contributed by atoms with van der Waals surface area (Å²) in [6, 6.07) is 0. The van der Waals surface area contributed by atoms with Gasteiger partial charge in [0.25, 0.3) is 0 Å². The molecule has 5 heteroatoms. The summed E-state index contributed by atoms with van der Waals surface area (Å²) >= 11 is 0. The van der Waals surface area contributed by atoms with Crippen LogP contribution in [0.4, 0.5) is 0 Å². The third-order valence-electron chi connectivity index (χ3n) is 7.26. The van der Waals surface area contributed by atoms with Crippen LogP contribution in [-0.4, -0.2) is 50.7 Å². The second-order valence-electron chi connectivity index (χ2n) is 9.37. The highest BCUT2D eigenvalue weighted by Gasteiger charge is 2.34. The zero-order valence-electron chi connectivity index (χ0n) is 19.3. The molecule has 174 valence electrons. The normalized spacial score (nSPS) is 28.1. The van der Waals surface area contributed by atoms with Crippen LogP contribution in [0.25, 0.3) is 0 Å². The van der Waals surface area contributed by atoms with E-state index in [1.165, 1.54) is 70.6 Å². The van der Waals surface area contributed by atoms with Crippen molar-refractivity contribution in [2.24, 2.45) is 23.7 Å². The van der Waals surface area contributed by atoms with E-state index in [2.05, 4.69) is 13.5 Å². The highest BCUT2D eigenvalue weighted by molar-refractivity contribution is 5.87. The lowest BCUT2D eigenvalue weighted by atomic mass is 9.68. The molecule has 2 rings (SSSR count). The smallest absolute Gasteiger partial charge is 0.335 e. The Bertz CT molecular complexity index is 490. The van der Waals surface area contributed by atoms with E-state index in [4.69, 9.17) is 19.3 Å². The van der Waals surface area contributed by atoms with Gasteiger partial charge in [-0.1, -0.05) is 26.3 Å². The minimum atomic E-state index is -0.499. The number of rotatable bonds is 13. The Kier molecular flexibility index (Phi) is 12.0. The number of carbonyl (C=O) groups excluding carboxylic acids is 1. The summed E-state index contributed by atoms with van der Waals surface area (Å²) in [5, 5.41) is 9.02. The Morgan fingerprint density at radius 2 is 1.63 bits per heavy atom. The molecule has 0 aromatic carbocycles. The maximum atomic E-state index is 11.8. The van der Waals surface area contributed by atoms with E-state index in [9.17, 15) is 4.79 Å². The van der Waals surface area contributed by atoms with Crippen molar-refractivity contribution in [3.63, 3.8) is 0 Å². The summed E-state index contributed by atoms with van der Waals surface area (Å²) in [6.45, 7) is 7.31. The Balaban J connectivity index is 1.70. The fourth-order valence-electron chi connectivity index (χ4n) is 5.30.